The molecule has 0 saturated heterocycles. The van der Waals surface area contributed by atoms with Crippen molar-refractivity contribution in [3.05, 3.63) is 52.6 Å². The number of anilines is 3. The quantitative estimate of drug-likeness (QED) is 0.611. The molecule has 3 aromatic rings. The molecule has 7 nitrogen and oxygen atoms in total. The molecule has 1 aliphatic rings. The molecule has 0 aliphatic heterocycles. The highest BCUT2D eigenvalue weighted by Gasteiger charge is 2.26. The van der Waals surface area contributed by atoms with E-state index >= 15 is 0 Å². The summed E-state index contributed by atoms with van der Waals surface area (Å²) < 4.78 is 1.70. The van der Waals surface area contributed by atoms with Crippen molar-refractivity contribution in [1.29, 1.82) is 0 Å². The summed E-state index contributed by atoms with van der Waals surface area (Å²) in [5.74, 6) is 1.80. The summed E-state index contributed by atoms with van der Waals surface area (Å²) in [5, 5.41) is 18.2. The Bertz CT molecular complexity index is 1090. The molecule has 4 rings (SSSR count). The smallest absolute Gasteiger partial charge is 0.262 e. The molecule has 1 aliphatic carbocycles. The number of hydrogen-bond donors (Lipinski definition) is 3. The topological polar surface area (TPSA) is 92.1 Å². The third-order valence-electron chi connectivity index (χ3n) is 5.44. The maximum atomic E-state index is 13.1. The van der Waals surface area contributed by atoms with Gasteiger partial charge in [0.2, 0.25) is 0 Å². The number of hydrogen-bond acceptors (Lipinski definition) is 6. The Hall–Kier alpha value is -2.93. The van der Waals surface area contributed by atoms with E-state index < -0.39 is 6.10 Å². The molecule has 3 N–H and O–H groups in total. The van der Waals surface area contributed by atoms with Crippen molar-refractivity contribution in [3.63, 3.8) is 0 Å². The molecule has 2 atom stereocenters. The average molecular weight is 393 g/mol. The Morgan fingerprint density at radius 3 is 2.72 bits per heavy atom. The van der Waals surface area contributed by atoms with Crippen LogP contribution in [0.15, 0.2) is 41.5 Å². The Balaban J connectivity index is 1.82. The minimum atomic E-state index is -0.432. The zero-order valence-corrected chi connectivity index (χ0v) is 17.0. The van der Waals surface area contributed by atoms with Crippen LogP contribution in [0.5, 0.6) is 0 Å². The SMILES string of the molecule is Cc1ccnc(Nc2cc3ccn(C(C)C)c(=O)c3c(N[C@H]3CCC[C@H]3O)n2)c1. The number of fused-ring (bicyclic) bond motifs is 1. The van der Waals surface area contributed by atoms with E-state index in [2.05, 4.69) is 15.6 Å². The summed E-state index contributed by atoms with van der Waals surface area (Å²) in [7, 11) is 0. The first-order valence-corrected chi connectivity index (χ1v) is 10.1. The normalized spacial score (nSPS) is 19.1. The van der Waals surface area contributed by atoms with Crippen LogP contribution in [0.1, 0.15) is 44.7 Å². The summed E-state index contributed by atoms with van der Waals surface area (Å²) in [4.78, 5) is 22.2. The van der Waals surface area contributed by atoms with Gasteiger partial charge in [0.1, 0.15) is 17.5 Å². The second-order valence-corrected chi connectivity index (χ2v) is 8.03. The standard InChI is InChI=1S/C22H27N5O2/c1-13(2)27-10-8-15-12-19(25-18-11-14(3)7-9-23-18)26-21(20(15)22(27)29)24-16-5-4-6-17(16)28/h7-13,16-17,28H,4-6H2,1-3H3,(H2,23,24,25,26)/t16-,17+/m0/s1. The predicted molar refractivity (Wildman–Crippen MR) is 116 cm³/mol. The van der Waals surface area contributed by atoms with Crippen molar-refractivity contribution in [1.82, 2.24) is 14.5 Å². The van der Waals surface area contributed by atoms with Crippen LogP contribution in [0.2, 0.25) is 0 Å². The third-order valence-corrected chi connectivity index (χ3v) is 5.44. The fraction of sp³-hybridized carbons (Fsp3) is 0.409. The Morgan fingerprint density at radius 1 is 1.21 bits per heavy atom. The minimum Gasteiger partial charge on any atom is -0.391 e. The second-order valence-electron chi connectivity index (χ2n) is 8.03. The maximum Gasteiger partial charge on any atom is 0.262 e. The van der Waals surface area contributed by atoms with E-state index in [9.17, 15) is 9.90 Å². The van der Waals surface area contributed by atoms with Gasteiger partial charge in [-0.3, -0.25) is 4.79 Å². The number of aliphatic hydroxyl groups excluding tert-OH is 1. The van der Waals surface area contributed by atoms with Crippen molar-refractivity contribution < 1.29 is 5.11 Å². The van der Waals surface area contributed by atoms with Crippen LogP contribution in [0.3, 0.4) is 0 Å². The Kier molecular flexibility index (Phi) is 5.24. The Morgan fingerprint density at radius 2 is 2.03 bits per heavy atom. The van der Waals surface area contributed by atoms with E-state index in [4.69, 9.17) is 4.98 Å². The molecular weight excluding hydrogens is 366 g/mol. The molecule has 0 aromatic carbocycles. The van der Waals surface area contributed by atoms with E-state index in [-0.39, 0.29) is 17.6 Å². The van der Waals surface area contributed by atoms with E-state index in [1.165, 1.54) is 0 Å². The van der Waals surface area contributed by atoms with E-state index in [1.54, 1.807) is 10.8 Å². The first-order valence-electron chi connectivity index (χ1n) is 10.1. The van der Waals surface area contributed by atoms with Crippen LogP contribution in [-0.2, 0) is 0 Å². The molecule has 29 heavy (non-hydrogen) atoms. The van der Waals surface area contributed by atoms with Gasteiger partial charge in [0.25, 0.3) is 5.56 Å². The first kappa shape index (κ1) is 19.4. The number of rotatable bonds is 5. The van der Waals surface area contributed by atoms with Gasteiger partial charge in [0.05, 0.1) is 17.5 Å². The van der Waals surface area contributed by atoms with Gasteiger partial charge < -0.3 is 20.3 Å². The van der Waals surface area contributed by atoms with Gasteiger partial charge in [0, 0.05) is 18.4 Å². The molecule has 0 unspecified atom stereocenters. The van der Waals surface area contributed by atoms with Crippen molar-refractivity contribution in [3.8, 4) is 0 Å². The highest BCUT2D eigenvalue weighted by atomic mass is 16.3. The van der Waals surface area contributed by atoms with Crippen molar-refractivity contribution in [2.24, 2.45) is 0 Å². The van der Waals surface area contributed by atoms with Crippen molar-refractivity contribution in [2.45, 2.75) is 58.2 Å². The lowest BCUT2D eigenvalue weighted by Gasteiger charge is -2.20. The number of nitrogens with zero attached hydrogens (tertiary/aromatic N) is 3. The van der Waals surface area contributed by atoms with Crippen LogP contribution in [-0.4, -0.2) is 31.8 Å². The van der Waals surface area contributed by atoms with Gasteiger partial charge in [-0.2, -0.15) is 0 Å². The van der Waals surface area contributed by atoms with Gasteiger partial charge >= 0.3 is 0 Å². The van der Waals surface area contributed by atoms with Crippen LogP contribution >= 0.6 is 0 Å². The zero-order valence-electron chi connectivity index (χ0n) is 17.0. The highest BCUT2D eigenvalue weighted by molar-refractivity contribution is 5.93. The molecular formula is C22H27N5O2. The van der Waals surface area contributed by atoms with Crippen LogP contribution in [0.25, 0.3) is 10.8 Å². The molecule has 1 saturated carbocycles. The molecule has 0 spiro atoms. The van der Waals surface area contributed by atoms with Gasteiger partial charge in [-0.15, -0.1) is 0 Å². The summed E-state index contributed by atoms with van der Waals surface area (Å²) in [6, 6.07) is 7.61. The van der Waals surface area contributed by atoms with Gasteiger partial charge in [-0.05, 0) is 75.2 Å². The molecule has 0 amide bonds. The lowest BCUT2D eigenvalue weighted by Crippen LogP contribution is -2.30. The number of aliphatic hydroxyl groups is 1. The summed E-state index contributed by atoms with van der Waals surface area (Å²) in [6.45, 7) is 5.96. The summed E-state index contributed by atoms with van der Waals surface area (Å²) >= 11 is 0. The fourth-order valence-corrected chi connectivity index (χ4v) is 3.87. The summed E-state index contributed by atoms with van der Waals surface area (Å²) in [6.07, 6.45) is 5.70. The first-order chi connectivity index (χ1) is 13.9. The van der Waals surface area contributed by atoms with Crippen LogP contribution in [0, 0.1) is 6.92 Å². The minimum absolute atomic E-state index is 0.0473. The molecule has 0 radical (unpaired) electrons. The molecule has 1 fully saturated rings. The average Bonchev–Trinajstić information content (AvgIpc) is 3.06. The Labute approximate surface area is 169 Å². The number of aryl methyl sites for hydroxylation is 1. The molecule has 0 bridgehead atoms. The van der Waals surface area contributed by atoms with Crippen LogP contribution < -0.4 is 16.2 Å². The van der Waals surface area contributed by atoms with E-state index in [0.29, 0.717) is 22.8 Å². The van der Waals surface area contributed by atoms with Crippen molar-refractivity contribution in [2.75, 3.05) is 10.6 Å². The third kappa shape index (κ3) is 3.96. The zero-order chi connectivity index (χ0) is 20.5. The summed E-state index contributed by atoms with van der Waals surface area (Å²) in [5.41, 5.74) is 1.01. The maximum absolute atomic E-state index is 13.1. The monoisotopic (exact) mass is 393 g/mol. The molecule has 3 aromatic heterocycles. The lowest BCUT2D eigenvalue weighted by molar-refractivity contribution is 0.171. The van der Waals surface area contributed by atoms with Gasteiger partial charge in [-0.1, -0.05) is 0 Å². The number of nitrogens with one attached hydrogen (secondary N) is 2. The van der Waals surface area contributed by atoms with E-state index in [1.807, 2.05) is 51.2 Å². The van der Waals surface area contributed by atoms with E-state index in [0.717, 1.165) is 30.2 Å². The molecule has 3 heterocycles. The fourth-order valence-electron chi connectivity index (χ4n) is 3.87. The second kappa shape index (κ2) is 7.83. The molecule has 7 heteroatoms. The number of pyridine rings is 3. The van der Waals surface area contributed by atoms with Crippen molar-refractivity contribution >= 4 is 28.2 Å². The number of aromatic nitrogens is 3. The lowest BCUT2D eigenvalue weighted by atomic mass is 10.1. The van der Waals surface area contributed by atoms with Gasteiger partial charge in [-0.25, -0.2) is 9.97 Å². The largest absolute Gasteiger partial charge is 0.391 e. The van der Waals surface area contributed by atoms with Gasteiger partial charge in [0.15, 0.2) is 0 Å². The molecule has 152 valence electrons. The predicted octanol–water partition coefficient (Wildman–Crippen LogP) is 3.75. The van der Waals surface area contributed by atoms with Crippen LogP contribution in [0.4, 0.5) is 17.5 Å². The highest BCUT2D eigenvalue weighted by Crippen LogP contribution is 2.28.